The van der Waals surface area contributed by atoms with E-state index in [0.717, 1.165) is 12.1 Å². The van der Waals surface area contributed by atoms with E-state index in [1.165, 1.54) is 61.9 Å². The van der Waals surface area contributed by atoms with Gasteiger partial charge in [0.25, 0.3) is 0 Å². The number of aromatic nitrogens is 1. The maximum atomic E-state index is 4.95. The highest BCUT2D eigenvalue weighted by molar-refractivity contribution is 7.27. The first-order chi connectivity index (χ1) is 16.2. The molecule has 0 aliphatic rings. The van der Waals surface area contributed by atoms with Crippen LogP contribution in [0.4, 0.5) is 0 Å². The van der Waals surface area contributed by atoms with Crippen molar-refractivity contribution in [2.24, 2.45) is 5.92 Å². The van der Waals surface area contributed by atoms with E-state index in [1.54, 1.807) is 0 Å². The summed E-state index contributed by atoms with van der Waals surface area (Å²) in [5, 5.41) is 7.74. The summed E-state index contributed by atoms with van der Waals surface area (Å²) in [5.41, 5.74) is 5.30. The number of rotatable bonds is 3. The van der Waals surface area contributed by atoms with Crippen molar-refractivity contribution in [2.45, 2.75) is 53.4 Å². The first-order valence-corrected chi connectivity index (χ1v) is 14.5. The Balaban J connectivity index is 1.65. The summed E-state index contributed by atoms with van der Waals surface area (Å²) < 4.78 is 5.47. The Morgan fingerprint density at radius 2 is 1.68 bits per heavy atom. The predicted molar refractivity (Wildman–Crippen MR) is 155 cm³/mol. The van der Waals surface area contributed by atoms with Crippen LogP contribution in [0, 0.1) is 12.8 Å². The van der Waals surface area contributed by atoms with E-state index in [9.17, 15) is 0 Å². The quantitative estimate of drug-likeness (QED) is 0.236. The third kappa shape index (κ3) is 3.42. The van der Waals surface area contributed by atoms with E-state index in [2.05, 4.69) is 83.3 Å². The molecule has 4 heterocycles. The van der Waals surface area contributed by atoms with Crippen molar-refractivity contribution in [1.29, 1.82) is 0 Å². The van der Waals surface area contributed by atoms with Gasteiger partial charge >= 0.3 is 0 Å². The fourth-order valence-corrected chi connectivity index (χ4v) is 8.88. The maximum Gasteiger partial charge on any atom is 0.0880 e. The van der Waals surface area contributed by atoms with Crippen LogP contribution < -0.4 is 0 Å². The summed E-state index contributed by atoms with van der Waals surface area (Å²) in [6.45, 7) is 13.9. The lowest BCUT2D eigenvalue weighted by molar-refractivity contribution is 0.597. The second-order valence-electron chi connectivity index (χ2n) is 10.8. The monoisotopic (exact) mass is 499 g/mol. The second-order valence-corrected chi connectivity index (χ2v) is 13.9. The number of aryl methyl sites for hydroxylation is 1. The molecule has 4 aromatic heterocycles. The predicted octanol–water partition coefficient (Wildman–Crippen LogP) is 10.4. The van der Waals surface area contributed by atoms with Gasteiger partial charge in [-0.2, -0.15) is 0 Å². The number of benzene rings is 2. The molecule has 0 N–H and O–H groups in total. The smallest absolute Gasteiger partial charge is 0.0880 e. The Bertz CT molecular complexity index is 1700. The molecule has 0 spiro atoms. The zero-order valence-electron chi connectivity index (χ0n) is 20.6. The molecule has 0 unspecified atom stereocenters. The number of thiophene rings is 3. The van der Waals surface area contributed by atoms with Gasteiger partial charge in [0, 0.05) is 46.9 Å². The number of fused-ring (bicyclic) bond motifs is 6. The molecule has 6 aromatic rings. The molecule has 172 valence electrons. The molecule has 0 aliphatic heterocycles. The van der Waals surface area contributed by atoms with Crippen LogP contribution in [0.25, 0.3) is 51.6 Å². The molecule has 6 rings (SSSR count). The van der Waals surface area contributed by atoms with Gasteiger partial charge in [0.2, 0.25) is 0 Å². The fourth-order valence-electron chi connectivity index (χ4n) is 5.13. The molecule has 34 heavy (non-hydrogen) atoms. The molecule has 0 atom stereocenters. The lowest BCUT2D eigenvalue weighted by Crippen LogP contribution is -2.11. The molecule has 4 heteroatoms. The number of hydrogen-bond acceptors (Lipinski definition) is 4. The topological polar surface area (TPSA) is 12.9 Å². The molecule has 2 aromatic carbocycles. The molecule has 0 aliphatic carbocycles. The highest BCUT2D eigenvalue weighted by Gasteiger charge is 2.22. The van der Waals surface area contributed by atoms with Gasteiger partial charge in [-0.25, -0.2) is 0 Å². The molecule has 0 amide bonds. The van der Waals surface area contributed by atoms with E-state index < -0.39 is 0 Å². The summed E-state index contributed by atoms with van der Waals surface area (Å²) in [4.78, 5) is 6.48. The average Bonchev–Trinajstić information content (AvgIpc) is 3.47. The number of hydrogen-bond donors (Lipinski definition) is 0. The van der Waals surface area contributed by atoms with Crippen molar-refractivity contribution < 1.29 is 0 Å². The van der Waals surface area contributed by atoms with Gasteiger partial charge < -0.3 is 0 Å². The molecule has 0 radical (unpaired) electrons. The minimum Gasteiger partial charge on any atom is -0.255 e. The van der Waals surface area contributed by atoms with Crippen molar-refractivity contribution in [1.82, 2.24) is 4.98 Å². The van der Waals surface area contributed by atoms with E-state index in [4.69, 9.17) is 4.98 Å². The van der Waals surface area contributed by atoms with Gasteiger partial charge in [-0.15, -0.1) is 34.0 Å². The van der Waals surface area contributed by atoms with Crippen LogP contribution in [-0.2, 0) is 11.8 Å². The highest BCUT2D eigenvalue weighted by Crippen LogP contribution is 2.46. The molecule has 1 nitrogen and oxygen atoms in total. The van der Waals surface area contributed by atoms with Gasteiger partial charge in [0.15, 0.2) is 0 Å². The third-order valence-electron chi connectivity index (χ3n) is 6.77. The van der Waals surface area contributed by atoms with Crippen molar-refractivity contribution >= 4 is 74.4 Å². The Morgan fingerprint density at radius 3 is 2.41 bits per heavy atom. The molecule has 0 saturated heterocycles. The van der Waals surface area contributed by atoms with Crippen molar-refractivity contribution in [3.8, 4) is 11.3 Å². The SMILES string of the molecule is Cc1c(CC(C)C)sc2ccc3sc4c(-c5cc(C(C)(C)C)c6sccc6c5)nccc4c3c12. The van der Waals surface area contributed by atoms with Crippen LogP contribution >= 0.6 is 34.0 Å². The van der Waals surface area contributed by atoms with Crippen LogP contribution in [0.2, 0.25) is 0 Å². The summed E-state index contributed by atoms with van der Waals surface area (Å²) in [5.74, 6) is 0.668. The van der Waals surface area contributed by atoms with Gasteiger partial charge in [-0.05, 0) is 83.0 Å². The molecule has 0 saturated carbocycles. The first kappa shape index (κ1) is 22.2. The van der Waals surface area contributed by atoms with E-state index in [-0.39, 0.29) is 5.41 Å². The zero-order chi connectivity index (χ0) is 23.8. The zero-order valence-corrected chi connectivity index (χ0v) is 23.0. The Hall–Kier alpha value is -2.27. The van der Waals surface area contributed by atoms with Gasteiger partial charge in [-0.1, -0.05) is 34.6 Å². The third-order valence-corrected chi connectivity index (χ3v) is 10.2. The normalized spacial score (nSPS) is 12.8. The summed E-state index contributed by atoms with van der Waals surface area (Å²) in [6.07, 6.45) is 3.16. The number of nitrogens with zero attached hydrogens (tertiary/aromatic N) is 1. The van der Waals surface area contributed by atoms with Gasteiger partial charge in [-0.3, -0.25) is 4.98 Å². The lowest BCUT2D eigenvalue weighted by Gasteiger charge is -2.21. The molecule has 0 bridgehead atoms. The Morgan fingerprint density at radius 1 is 0.912 bits per heavy atom. The van der Waals surface area contributed by atoms with E-state index in [0.29, 0.717) is 5.92 Å². The minimum atomic E-state index is 0.0833. The lowest BCUT2D eigenvalue weighted by atomic mass is 9.85. The maximum absolute atomic E-state index is 4.95. The van der Waals surface area contributed by atoms with Crippen LogP contribution in [0.1, 0.15) is 50.6 Å². The van der Waals surface area contributed by atoms with E-state index >= 15 is 0 Å². The fraction of sp³-hybridized carbons (Fsp3) is 0.300. The second kappa shape index (κ2) is 7.87. The van der Waals surface area contributed by atoms with Crippen molar-refractivity contribution in [3.63, 3.8) is 0 Å². The van der Waals surface area contributed by atoms with Crippen molar-refractivity contribution in [3.05, 3.63) is 64.0 Å². The molecule has 0 fully saturated rings. The molecular weight excluding hydrogens is 471 g/mol. The highest BCUT2D eigenvalue weighted by atomic mass is 32.1. The van der Waals surface area contributed by atoms with E-state index in [1.807, 2.05) is 40.2 Å². The summed E-state index contributed by atoms with van der Waals surface area (Å²) in [6, 6.07) is 13.8. The standard InChI is InChI=1S/C30H29NS3/c1-16(2)13-24-17(3)25-22(33-24)7-8-23-26(25)20-9-11-31-27(29(20)34-23)19-14-18-10-12-32-28(18)21(15-19)30(4,5)6/h7-12,14-16H,13H2,1-6H3. The summed E-state index contributed by atoms with van der Waals surface area (Å²) in [7, 11) is 0. The average molecular weight is 500 g/mol. The Kier molecular flexibility index (Phi) is 5.14. The van der Waals surface area contributed by atoms with Gasteiger partial charge in [0.05, 0.1) is 10.4 Å². The number of pyridine rings is 1. The van der Waals surface area contributed by atoms with Gasteiger partial charge in [0.1, 0.15) is 0 Å². The van der Waals surface area contributed by atoms with Crippen LogP contribution in [0.5, 0.6) is 0 Å². The van der Waals surface area contributed by atoms with Crippen LogP contribution in [-0.4, -0.2) is 4.98 Å². The molecular formula is C30H29NS3. The van der Waals surface area contributed by atoms with Crippen LogP contribution in [0.15, 0.2) is 48.0 Å². The van der Waals surface area contributed by atoms with Crippen LogP contribution in [0.3, 0.4) is 0 Å². The summed E-state index contributed by atoms with van der Waals surface area (Å²) >= 11 is 5.72. The van der Waals surface area contributed by atoms with Crippen molar-refractivity contribution in [2.75, 3.05) is 0 Å². The first-order valence-electron chi connectivity index (χ1n) is 12.0. The Labute approximate surface area is 213 Å². The minimum absolute atomic E-state index is 0.0833. The largest absolute Gasteiger partial charge is 0.255 e.